The van der Waals surface area contributed by atoms with E-state index in [0.717, 1.165) is 19.4 Å². The van der Waals surface area contributed by atoms with Crippen LogP contribution in [0.15, 0.2) is 0 Å². The van der Waals surface area contributed by atoms with Crippen molar-refractivity contribution in [2.45, 2.75) is 25.8 Å². The van der Waals surface area contributed by atoms with Gasteiger partial charge in [-0.1, -0.05) is 6.92 Å². The van der Waals surface area contributed by atoms with Crippen molar-refractivity contribution in [3.05, 3.63) is 0 Å². The summed E-state index contributed by atoms with van der Waals surface area (Å²) in [6.07, 6.45) is 2.06. The average molecular weight is 281 g/mol. The van der Waals surface area contributed by atoms with Gasteiger partial charge in [-0.05, 0) is 18.8 Å². The summed E-state index contributed by atoms with van der Waals surface area (Å²) in [7, 11) is 1.61. The van der Waals surface area contributed by atoms with Gasteiger partial charge >= 0.3 is 0 Å². The first-order valence-corrected chi connectivity index (χ1v) is 6.25. The van der Waals surface area contributed by atoms with E-state index in [1.165, 1.54) is 0 Å². The van der Waals surface area contributed by atoms with Crippen molar-refractivity contribution < 1.29 is 14.3 Å². The Morgan fingerprint density at radius 3 is 2.78 bits per heavy atom. The molecule has 5 nitrogen and oxygen atoms in total. The second-order valence-corrected chi connectivity index (χ2v) is 4.65. The summed E-state index contributed by atoms with van der Waals surface area (Å²) in [5, 5.41) is 0. The van der Waals surface area contributed by atoms with E-state index in [4.69, 9.17) is 15.2 Å². The maximum absolute atomic E-state index is 11.9. The molecule has 2 atom stereocenters. The highest BCUT2D eigenvalue weighted by Gasteiger charge is 2.28. The van der Waals surface area contributed by atoms with Crippen molar-refractivity contribution in [1.82, 2.24) is 4.90 Å². The summed E-state index contributed by atoms with van der Waals surface area (Å²) in [6.45, 7) is 4.65. The number of hydrogen-bond donors (Lipinski definition) is 1. The fraction of sp³-hybridized carbons (Fsp3) is 0.917. The lowest BCUT2D eigenvalue weighted by Gasteiger charge is -2.37. The quantitative estimate of drug-likeness (QED) is 0.726. The van der Waals surface area contributed by atoms with E-state index in [2.05, 4.69) is 6.92 Å². The minimum absolute atomic E-state index is 0. The molecule has 1 aliphatic rings. The van der Waals surface area contributed by atoms with Crippen molar-refractivity contribution in [3.8, 4) is 0 Å². The first kappa shape index (κ1) is 17.6. The Labute approximate surface area is 115 Å². The molecule has 1 amide bonds. The summed E-state index contributed by atoms with van der Waals surface area (Å²) in [4.78, 5) is 13.8. The smallest absolute Gasteiger partial charge is 0.248 e. The van der Waals surface area contributed by atoms with E-state index < -0.39 is 0 Å². The molecule has 2 unspecified atom stereocenters. The molecule has 0 saturated carbocycles. The molecule has 1 rings (SSSR count). The first-order chi connectivity index (χ1) is 8.19. The number of carbonyl (C=O) groups is 1. The minimum atomic E-state index is 0. The number of nitrogens with zero attached hydrogens (tertiary/aromatic N) is 1. The van der Waals surface area contributed by atoms with Crippen LogP contribution in [-0.4, -0.2) is 56.9 Å². The second kappa shape index (κ2) is 9.55. The molecule has 0 aromatic heterocycles. The highest BCUT2D eigenvalue weighted by atomic mass is 35.5. The number of likely N-dealkylation sites (tertiary alicyclic amines) is 1. The zero-order valence-electron chi connectivity index (χ0n) is 11.3. The van der Waals surface area contributed by atoms with Crippen LogP contribution in [0.2, 0.25) is 0 Å². The zero-order valence-corrected chi connectivity index (χ0v) is 12.1. The van der Waals surface area contributed by atoms with Gasteiger partial charge in [-0.3, -0.25) is 4.79 Å². The fourth-order valence-electron chi connectivity index (χ4n) is 2.19. The topological polar surface area (TPSA) is 64.8 Å². The third-order valence-electron chi connectivity index (χ3n) is 3.23. The Bertz CT molecular complexity index is 241. The molecule has 0 radical (unpaired) electrons. The van der Waals surface area contributed by atoms with Crippen LogP contribution in [0.4, 0.5) is 0 Å². The number of nitrogens with two attached hydrogens (primary N) is 1. The molecule has 0 aromatic rings. The molecule has 108 valence electrons. The maximum atomic E-state index is 11.9. The third kappa shape index (κ3) is 5.52. The maximum Gasteiger partial charge on any atom is 0.248 e. The van der Waals surface area contributed by atoms with Gasteiger partial charge in [-0.15, -0.1) is 12.4 Å². The van der Waals surface area contributed by atoms with Gasteiger partial charge in [0, 0.05) is 26.2 Å². The number of ether oxygens (including phenoxy) is 2. The Morgan fingerprint density at radius 2 is 2.17 bits per heavy atom. The van der Waals surface area contributed by atoms with Crippen LogP contribution in [0, 0.1) is 5.92 Å². The van der Waals surface area contributed by atoms with Crippen molar-refractivity contribution >= 4 is 18.3 Å². The van der Waals surface area contributed by atoms with Gasteiger partial charge in [0.15, 0.2) is 0 Å². The highest BCUT2D eigenvalue weighted by Crippen LogP contribution is 2.21. The Hall–Kier alpha value is -0.360. The Morgan fingerprint density at radius 1 is 1.44 bits per heavy atom. The summed E-state index contributed by atoms with van der Waals surface area (Å²) in [5.41, 5.74) is 5.72. The molecule has 18 heavy (non-hydrogen) atoms. The molecule has 2 N–H and O–H groups in total. The molecule has 1 aliphatic heterocycles. The van der Waals surface area contributed by atoms with Gasteiger partial charge in [0.25, 0.3) is 0 Å². The Kier molecular flexibility index (Phi) is 9.36. The lowest BCUT2D eigenvalue weighted by atomic mass is 9.92. The zero-order chi connectivity index (χ0) is 12.7. The lowest BCUT2D eigenvalue weighted by Crippen LogP contribution is -2.50. The van der Waals surface area contributed by atoms with E-state index in [1.807, 2.05) is 4.90 Å². The van der Waals surface area contributed by atoms with Crippen LogP contribution in [0.3, 0.4) is 0 Å². The molecule has 1 saturated heterocycles. The standard InChI is InChI=1S/C12H24N2O3.ClH/c1-10-3-4-14(11(7-10)8-13)12(15)9-17-6-5-16-2;/h10-11H,3-9,13H2,1-2H3;1H. The number of rotatable bonds is 6. The van der Waals surface area contributed by atoms with Gasteiger partial charge in [0.2, 0.25) is 5.91 Å². The monoisotopic (exact) mass is 280 g/mol. The van der Waals surface area contributed by atoms with Crippen LogP contribution < -0.4 is 5.73 Å². The van der Waals surface area contributed by atoms with Gasteiger partial charge in [0.05, 0.1) is 13.2 Å². The molecule has 0 spiro atoms. The predicted octanol–water partition coefficient (Wildman–Crippen LogP) is 0.657. The van der Waals surface area contributed by atoms with E-state index in [9.17, 15) is 4.79 Å². The van der Waals surface area contributed by atoms with E-state index in [-0.39, 0.29) is 31.0 Å². The van der Waals surface area contributed by atoms with E-state index in [0.29, 0.717) is 25.7 Å². The largest absolute Gasteiger partial charge is 0.382 e. The number of carbonyl (C=O) groups excluding carboxylic acids is 1. The third-order valence-corrected chi connectivity index (χ3v) is 3.23. The normalized spacial score (nSPS) is 23.6. The molecule has 1 fully saturated rings. The lowest BCUT2D eigenvalue weighted by molar-refractivity contribution is -0.140. The number of methoxy groups -OCH3 is 1. The summed E-state index contributed by atoms with van der Waals surface area (Å²) in [5.74, 6) is 0.700. The molecular weight excluding hydrogens is 256 g/mol. The van der Waals surface area contributed by atoms with Crippen molar-refractivity contribution in [1.29, 1.82) is 0 Å². The minimum Gasteiger partial charge on any atom is -0.382 e. The fourth-order valence-corrected chi connectivity index (χ4v) is 2.19. The molecule has 0 aromatic carbocycles. The highest BCUT2D eigenvalue weighted by molar-refractivity contribution is 5.85. The summed E-state index contributed by atoms with van der Waals surface area (Å²) < 4.78 is 10.1. The van der Waals surface area contributed by atoms with Crippen LogP contribution in [0.5, 0.6) is 0 Å². The average Bonchev–Trinajstić information content (AvgIpc) is 2.34. The summed E-state index contributed by atoms with van der Waals surface area (Å²) in [6, 6.07) is 0.178. The molecule has 1 heterocycles. The molecular formula is C12H25ClN2O3. The van der Waals surface area contributed by atoms with Crippen LogP contribution in [-0.2, 0) is 14.3 Å². The number of hydrogen-bond acceptors (Lipinski definition) is 4. The molecule has 6 heteroatoms. The van der Waals surface area contributed by atoms with Gasteiger partial charge in [0.1, 0.15) is 6.61 Å². The number of amides is 1. The SMILES string of the molecule is COCCOCC(=O)N1CCC(C)CC1CN.Cl. The van der Waals surface area contributed by atoms with Crippen molar-refractivity contribution in [3.63, 3.8) is 0 Å². The van der Waals surface area contributed by atoms with Gasteiger partial charge in [-0.25, -0.2) is 0 Å². The summed E-state index contributed by atoms with van der Waals surface area (Å²) >= 11 is 0. The van der Waals surface area contributed by atoms with E-state index >= 15 is 0 Å². The van der Waals surface area contributed by atoms with Crippen LogP contribution >= 0.6 is 12.4 Å². The second-order valence-electron chi connectivity index (χ2n) is 4.65. The molecule has 0 aliphatic carbocycles. The van der Waals surface area contributed by atoms with Crippen molar-refractivity contribution in [2.75, 3.05) is 40.0 Å². The predicted molar refractivity (Wildman–Crippen MR) is 72.9 cm³/mol. The number of halogens is 1. The van der Waals surface area contributed by atoms with Gasteiger partial charge in [-0.2, -0.15) is 0 Å². The van der Waals surface area contributed by atoms with Gasteiger partial charge < -0.3 is 20.1 Å². The van der Waals surface area contributed by atoms with Crippen molar-refractivity contribution in [2.24, 2.45) is 11.7 Å². The number of piperidine rings is 1. The molecule has 0 bridgehead atoms. The van der Waals surface area contributed by atoms with E-state index in [1.54, 1.807) is 7.11 Å². The van der Waals surface area contributed by atoms with Crippen LogP contribution in [0.1, 0.15) is 19.8 Å². The van der Waals surface area contributed by atoms with Crippen LogP contribution in [0.25, 0.3) is 0 Å². The first-order valence-electron chi connectivity index (χ1n) is 6.25. The Balaban J connectivity index is 0.00000289.